The summed E-state index contributed by atoms with van der Waals surface area (Å²) in [5, 5.41) is 15.7. The molecular formula is C17H16FN3O4. The molecule has 0 saturated carbocycles. The molecule has 0 atom stereocenters. The van der Waals surface area contributed by atoms with Gasteiger partial charge >= 0.3 is 0 Å². The second-order valence-corrected chi connectivity index (χ2v) is 5.28. The number of aryl methyl sites for hydroxylation is 1. The maximum Gasteiger partial charge on any atom is 0.269 e. The van der Waals surface area contributed by atoms with E-state index in [4.69, 9.17) is 0 Å². The average Bonchev–Trinajstić information content (AvgIpc) is 2.60. The zero-order valence-electron chi connectivity index (χ0n) is 13.4. The number of halogens is 1. The van der Waals surface area contributed by atoms with Crippen LogP contribution >= 0.6 is 0 Å². The number of nitro benzene ring substituents is 1. The lowest BCUT2D eigenvalue weighted by atomic mass is 10.1. The summed E-state index contributed by atoms with van der Waals surface area (Å²) in [6, 6.07) is 9.36. The summed E-state index contributed by atoms with van der Waals surface area (Å²) in [6.07, 6.45) is 0. The molecule has 0 aromatic heterocycles. The van der Waals surface area contributed by atoms with Crippen molar-refractivity contribution < 1.29 is 18.9 Å². The topological polar surface area (TPSA) is 101 Å². The molecule has 2 aromatic carbocycles. The third-order valence-corrected chi connectivity index (χ3v) is 3.47. The smallest absolute Gasteiger partial charge is 0.269 e. The first-order valence-corrected chi connectivity index (χ1v) is 7.45. The number of hydrogen-bond acceptors (Lipinski definition) is 4. The van der Waals surface area contributed by atoms with Gasteiger partial charge in [0, 0.05) is 36.3 Å². The molecule has 0 aliphatic rings. The molecule has 8 heteroatoms. The van der Waals surface area contributed by atoms with Crippen LogP contribution in [-0.4, -0.2) is 29.8 Å². The number of hydrogen-bond donors (Lipinski definition) is 2. The van der Waals surface area contributed by atoms with E-state index in [1.165, 1.54) is 36.4 Å². The lowest BCUT2D eigenvalue weighted by Crippen LogP contribution is -2.34. The highest BCUT2D eigenvalue weighted by molar-refractivity contribution is 5.95. The zero-order valence-corrected chi connectivity index (χ0v) is 13.4. The number of rotatable bonds is 6. The molecular weight excluding hydrogens is 329 g/mol. The number of benzene rings is 2. The highest BCUT2D eigenvalue weighted by Crippen LogP contribution is 2.11. The predicted octanol–water partition coefficient (Wildman–Crippen LogP) is 2.20. The monoisotopic (exact) mass is 345 g/mol. The lowest BCUT2D eigenvalue weighted by Gasteiger charge is -2.08. The maximum absolute atomic E-state index is 13.4. The Morgan fingerprint density at radius 2 is 1.52 bits per heavy atom. The number of nitrogens with one attached hydrogen (secondary N) is 2. The van der Waals surface area contributed by atoms with Gasteiger partial charge < -0.3 is 10.6 Å². The number of nitrogens with zero attached hydrogens (tertiary/aromatic N) is 1. The zero-order chi connectivity index (χ0) is 18.4. The Morgan fingerprint density at radius 1 is 1.00 bits per heavy atom. The van der Waals surface area contributed by atoms with Crippen LogP contribution in [0.2, 0.25) is 0 Å². The second-order valence-electron chi connectivity index (χ2n) is 5.28. The fourth-order valence-electron chi connectivity index (χ4n) is 2.02. The molecule has 25 heavy (non-hydrogen) atoms. The summed E-state index contributed by atoms with van der Waals surface area (Å²) < 4.78 is 13.4. The Labute approximate surface area is 143 Å². The molecule has 2 aromatic rings. The standard InChI is InChI=1S/C17H16FN3O4/c1-11-2-3-13(10-15(11)18)17(23)20-9-8-19-16(22)12-4-6-14(7-5-12)21(24)25/h2-7,10H,8-9H2,1H3,(H,19,22)(H,20,23). The van der Waals surface area contributed by atoms with Gasteiger partial charge in [-0.15, -0.1) is 0 Å². The highest BCUT2D eigenvalue weighted by atomic mass is 19.1. The third kappa shape index (κ3) is 4.84. The Balaban J connectivity index is 1.80. The summed E-state index contributed by atoms with van der Waals surface area (Å²) >= 11 is 0. The summed E-state index contributed by atoms with van der Waals surface area (Å²) in [4.78, 5) is 33.8. The van der Waals surface area contributed by atoms with Crippen LogP contribution in [0.1, 0.15) is 26.3 Å². The fraction of sp³-hybridized carbons (Fsp3) is 0.176. The number of carbonyl (C=O) groups is 2. The van der Waals surface area contributed by atoms with Crippen LogP contribution in [-0.2, 0) is 0 Å². The molecule has 0 bridgehead atoms. The van der Waals surface area contributed by atoms with Gasteiger partial charge in [0.15, 0.2) is 0 Å². The number of amides is 2. The van der Waals surface area contributed by atoms with Crippen LogP contribution in [0.5, 0.6) is 0 Å². The minimum absolute atomic E-state index is 0.103. The van der Waals surface area contributed by atoms with Gasteiger partial charge in [0.05, 0.1) is 4.92 Å². The minimum atomic E-state index is -0.550. The van der Waals surface area contributed by atoms with Crippen molar-refractivity contribution in [2.24, 2.45) is 0 Å². The molecule has 2 amide bonds. The Hall–Kier alpha value is -3.29. The van der Waals surface area contributed by atoms with Crippen molar-refractivity contribution in [2.75, 3.05) is 13.1 Å². The van der Waals surface area contributed by atoms with E-state index in [2.05, 4.69) is 10.6 Å². The average molecular weight is 345 g/mol. The van der Waals surface area contributed by atoms with Crippen LogP contribution in [0.25, 0.3) is 0 Å². The summed E-state index contributed by atoms with van der Waals surface area (Å²) in [5.74, 6) is -1.31. The van der Waals surface area contributed by atoms with Gasteiger partial charge in [0.2, 0.25) is 0 Å². The van der Waals surface area contributed by atoms with Gasteiger partial charge in [0.25, 0.3) is 17.5 Å². The first-order chi connectivity index (χ1) is 11.9. The maximum atomic E-state index is 13.4. The summed E-state index contributed by atoms with van der Waals surface area (Å²) in [6.45, 7) is 1.92. The fourth-order valence-corrected chi connectivity index (χ4v) is 2.02. The normalized spacial score (nSPS) is 10.2. The van der Waals surface area contributed by atoms with Crippen molar-refractivity contribution in [3.05, 3.63) is 75.1 Å². The van der Waals surface area contributed by atoms with E-state index in [9.17, 15) is 24.1 Å². The molecule has 130 valence electrons. The quantitative estimate of drug-likeness (QED) is 0.476. The van der Waals surface area contributed by atoms with Gasteiger partial charge in [0.1, 0.15) is 5.82 Å². The van der Waals surface area contributed by atoms with E-state index in [0.717, 1.165) is 6.07 Å². The van der Waals surface area contributed by atoms with Crippen LogP contribution in [0.4, 0.5) is 10.1 Å². The summed E-state index contributed by atoms with van der Waals surface area (Å²) in [5.41, 5.74) is 0.823. The van der Waals surface area contributed by atoms with Gasteiger partial charge in [-0.2, -0.15) is 0 Å². The van der Waals surface area contributed by atoms with Gasteiger partial charge in [-0.05, 0) is 36.8 Å². The molecule has 0 heterocycles. The number of carbonyl (C=O) groups excluding carboxylic acids is 2. The first-order valence-electron chi connectivity index (χ1n) is 7.45. The Bertz CT molecular complexity index is 806. The molecule has 0 radical (unpaired) electrons. The van der Waals surface area contributed by atoms with Gasteiger partial charge in [-0.1, -0.05) is 6.07 Å². The Morgan fingerprint density at radius 3 is 2.04 bits per heavy atom. The Kier molecular flexibility index (Phi) is 5.78. The lowest BCUT2D eigenvalue weighted by molar-refractivity contribution is -0.384. The molecule has 7 nitrogen and oxygen atoms in total. The highest BCUT2D eigenvalue weighted by Gasteiger charge is 2.10. The minimum Gasteiger partial charge on any atom is -0.350 e. The van der Waals surface area contributed by atoms with E-state index in [1.54, 1.807) is 6.92 Å². The molecule has 0 fully saturated rings. The van der Waals surface area contributed by atoms with Crippen molar-refractivity contribution in [1.29, 1.82) is 0 Å². The van der Waals surface area contributed by atoms with Crippen LogP contribution in [0, 0.1) is 22.9 Å². The van der Waals surface area contributed by atoms with Gasteiger partial charge in [-0.3, -0.25) is 19.7 Å². The number of nitro groups is 1. The molecule has 0 spiro atoms. The van der Waals surface area contributed by atoms with E-state index >= 15 is 0 Å². The largest absolute Gasteiger partial charge is 0.350 e. The van der Waals surface area contributed by atoms with Crippen LogP contribution in [0.15, 0.2) is 42.5 Å². The third-order valence-electron chi connectivity index (χ3n) is 3.47. The van der Waals surface area contributed by atoms with Crippen molar-refractivity contribution in [1.82, 2.24) is 10.6 Å². The molecule has 0 aliphatic carbocycles. The number of non-ortho nitro benzene ring substituents is 1. The molecule has 0 saturated heterocycles. The van der Waals surface area contributed by atoms with Crippen molar-refractivity contribution in [3.8, 4) is 0 Å². The van der Waals surface area contributed by atoms with Crippen LogP contribution in [0.3, 0.4) is 0 Å². The van der Waals surface area contributed by atoms with Crippen molar-refractivity contribution in [2.45, 2.75) is 6.92 Å². The molecule has 0 aliphatic heterocycles. The molecule has 2 N–H and O–H groups in total. The van der Waals surface area contributed by atoms with E-state index in [-0.39, 0.29) is 29.9 Å². The van der Waals surface area contributed by atoms with Crippen molar-refractivity contribution >= 4 is 17.5 Å². The second kappa shape index (κ2) is 8.00. The van der Waals surface area contributed by atoms with E-state index in [1.807, 2.05) is 0 Å². The summed E-state index contributed by atoms with van der Waals surface area (Å²) in [7, 11) is 0. The predicted molar refractivity (Wildman–Crippen MR) is 88.9 cm³/mol. The van der Waals surface area contributed by atoms with E-state index < -0.39 is 22.6 Å². The SMILES string of the molecule is Cc1ccc(C(=O)NCCNC(=O)c2ccc([N+](=O)[O-])cc2)cc1F. The van der Waals surface area contributed by atoms with Gasteiger partial charge in [-0.25, -0.2) is 4.39 Å². The first kappa shape index (κ1) is 18.1. The molecule has 0 unspecified atom stereocenters. The van der Waals surface area contributed by atoms with Crippen molar-refractivity contribution in [3.63, 3.8) is 0 Å². The van der Waals surface area contributed by atoms with E-state index in [0.29, 0.717) is 5.56 Å². The molecule has 2 rings (SSSR count). The van der Waals surface area contributed by atoms with Crippen LogP contribution < -0.4 is 10.6 Å².